The van der Waals surface area contributed by atoms with Crippen molar-refractivity contribution in [2.75, 3.05) is 20.3 Å². The Kier molecular flexibility index (Phi) is 8.07. The van der Waals surface area contributed by atoms with Crippen molar-refractivity contribution in [1.82, 2.24) is 0 Å². The number of nitrogens with zero attached hydrogens (tertiary/aromatic N) is 1. The molecule has 8 nitrogen and oxygen atoms in total. The third kappa shape index (κ3) is 6.01. The Hall–Kier alpha value is -4.64. The number of hydrogen-bond donors (Lipinski definition) is 1. The van der Waals surface area contributed by atoms with Gasteiger partial charge in [0.15, 0.2) is 18.1 Å². The molecule has 0 bridgehead atoms. The van der Waals surface area contributed by atoms with E-state index in [0.717, 1.165) is 11.1 Å². The minimum absolute atomic E-state index is 0.0182. The van der Waals surface area contributed by atoms with Gasteiger partial charge in [-0.1, -0.05) is 38.1 Å². The first-order valence-corrected chi connectivity index (χ1v) is 12.2. The second kappa shape index (κ2) is 11.6. The Morgan fingerprint density at radius 1 is 1.05 bits per heavy atom. The van der Waals surface area contributed by atoms with Gasteiger partial charge in [-0.2, -0.15) is 5.26 Å². The molecular formula is C30H30N2O6. The number of hydrogen-bond acceptors (Lipinski definition) is 8. The molecule has 1 aliphatic rings. The van der Waals surface area contributed by atoms with Gasteiger partial charge in [-0.25, -0.2) is 4.79 Å². The molecule has 0 amide bonds. The van der Waals surface area contributed by atoms with Gasteiger partial charge >= 0.3 is 5.97 Å². The quantitative estimate of drug-likeness (QED) is 0.305. The maximum absolute atomic E-state index is 12.4. The number of esters is 1. The second-order valence-electron chi connectivity index (χ2n) is 9.32. The van der Waals surface area contributed by atoms with E-state index in [0.29, 0.717) is 41.1 Å². The summed E-state index contributed by atoms with van der Waals surface area (Å²) in [5.41, 5.74) is 8.91. The number of rotatable bonds is 9. The number of nitrogens with two attached hydrogens (primary N) is 1. The van der Waals surface area contributed by atoms with Crippen LogP contribution in [0.4, 0.5) is 0 Å². The van der Waals surface area contributed by atoms with Gasteiger partial charge < -0.3 is 29.4 Å². The van der Waals surface area contributed by atoms with Crippen LogP contribution in [0.2, 0.25) is 0 Å². The lowest BCUT2D eigenvalue weighted by molar-refractivity contribution is -0.136. The van der Waals surface area contributed by atoms with Crippen LogP contribution in [0.15, 0.2) is 72.1 Å². The number of carbonyl (C=O) groups excluding carboxylic acids is 1. The Labute approximate surface area is 222 Å². The molecular weight excluding hydrogens is 484 g/mol. The molecule has 0 spiro atoms. The van der Waals surface area contributed by atoms with Crippen molar-refractivity contribution in [2.45, 2.75) is 26.7 Å². The summed E-state index contributed by atoms with van der Waals surface area (Å²) in [4.78, 5) is 12.4. The summed E-state index contributed by atoms with van der Waals surface area (Å²) in [5.74, 6) is 1.65. The van der Waals surface area contributed by atoms with Gasteiger partial charge in [-0.05, 0) is 54.3 Å². The molecule has 0 radical (unpaired) electrons. The van der Waals surface area contributed by atoms with Crippen LogP contribution in [-0.2, 0) is 4.79 Å². The minimum Gasteiger partial charge on any atom is -0.493 e. The summed E-state index contributed by atoms with van der Waals surface area (Å²) in [6.45, 7) is 6.36. The second-order valence-corrected chi connectivity index (χ2v) is 9.32. The Bertz CT molecular complexity index is 1410. The molecule has 3 aromatic carbocycles. The van der Waals surface area contributed by atoms with Crippen molar-refractivity contribution in [3.05, 3.63) is 88.8 Å². The molecule has 1 unspecified atom stereocenters. The zero-order valence-electron chi connectivity index (χ0n) is 21.8. The molecule has 0 saturated heterocycles. The summed E-state index contributed by atoms with van der Waals surface area (Å²) in [6, 6.07) is 20.1. The van der Waals surface area contributed by atoms with Crippen LogP contribution in [0.5, 0.6) is 28.7 Å². The topological polar surface area (TPSA) is 113 Å². The largest absolute Gasteiger partial charge is 0.493 e. The normalized spacial score (nSPS) is 14.3. The van der Waals surface area contributed by atoms with E-state index in [4.69, 9.17) is 29.4 Å². The van der Waals surface area contributed by atoms with Gasteiger partial charge in [0.25, 0.3) is 0 Å². The molecule has 4 rings (SSSR count). The number of nitriles is 1. The van der Waals surface area contributed by atoms with E-state index in [2.05, 4.69) is 19.9 Å². The van der Waals surface area contributed by atoms with Gasteiger partial charge in [0.1, 0.15) is 28.9 Å². The molecule has 0 fully saturated rings. The van der Waals surface area contributed by atoms with E-state index in [-0.39, 0.29) is 23.8 Å². The zero-order valence-corrected chi connectivity index (χ0v) is 21.8. The van der Waals surface area contributed by atoms with Gasteiger partial charge in [0.2, 0.25) is 5.88 Å². The van der Waals surface area contributed by atoms with Gasteiger partial charge in [0.05, 0.1) is 19.6 Å². The highest BCUT2D eigenvalue weighted by molar-refractivity contribution is 5.74. The maximum atomic E-state index is 12.4. The first-order valence-electron chi connectivity index (χ1n) is 12.2. The van der Waals surface area contributed by atoms with Crippen molar-refractivity contribution in [2.24, 2.45) is 11.7 Å². The number of aryl methyl sites for hydroxylation is 1. The third-order valence-corrected chi connectivity index (χ3v) is 5.86. The predicted octanol–water partition coefficient (Wildman–Crippen LogP) is 5.24. The van der Waals surface area contributed by atoms with E-state index in [1.807, 2.05) is 43.3 Å². The smallest absolute Gasteiger partial charge is 0.349 e. The molecule has 1 heterocycles. The van der Waals surface area contributed by atoms with Crippen molar-refractivity contribution in [3.8, 4) is 34.8 Å². The average molecular weight is 515 g/mol. The summed E-state index contributed by atoms with van der Waals surface area (Å²) in [6.07, 6.45) is 0. The predicted molar refractivity (Wildman–Crippen MR) is 141 cm³/mol. The number of ether oxygens (including phenoxy) is 5. The number of carbonyl (C=O) groups is 1. The van der Waals surface area contributed by atoms with E-state index < -0.39 is 11.9 Å². The molecule has 0 saturated carbocycles. The number of allylic oxidation sites excluding steroid dienone is 1. The average Bonchev–Trinajstić information content (AvgIpc) is 2.89. The number of methoxy groups -OCH3 is 1. The van der Waals surface area contributed by atoms with Crippen LogP contribution in [0.3, 0.4) is 0 Å². The summed E-state index contributed by atoms with van der Waals surface area (Å²) in [5, 5.41) is 9.88. The summed E-state index contributed by atoms with van der Waals surface area (Å²) >= 11 is 0. The highest BCUT2D eigenvalue weighted by Gasteiger charge is 2.31. The van der Waals surface area contributed by atoms with Gasteiger partial charge in [0, 0.05) is 11.6 Å². The first-order chi connectivity index (χ1) is 18.3. The van der Waals surface area contributed by atoms with Crippen LogP contribution in [0.25, 0.3) is 0 Å². The zero-order chi connectivity index (χ0) is 27.2. The van der Waals surface area contributed by atoms with Crippen LogP contribution >= 0.6 is 0 Å². The Morgan fingerprint density at radius 3 is 2.58 bits per heavy atom. The first kappa shape index (κ1) is 26.4. The molecule has 1 aliphatic heterocycles. The fourth-order valence-corrected chi connectivity index (χ4v) is 4.09. The van der Waals surface area contributed by atoms with Crippen LogP contribution in [0.1, 0.15) is 36.5 Å². The fourth-order valence-electron chi connectivity index (χ4n) is 4.09. The van der Waals surface area contributed by atoms with E-state index in [1.54, 1.807) is 31.4 Å². The molecule has 8 heteroatoms. The van der Waals surface area contributed by atoms with Gasteiger partial charge in [-0.3, -0.25) is 0 Å². The van der Waals surface area contributed by atoms with Crippen molar-refractivity contribution in [3.63, 3.8) is 0 Å². The van der Waals surface area contributed by atoms with E-state index >= 15 is 0 Å². The van der Waals surface area contributed by atoms with E-state index in [1.165, 1.54) is 0 Å². The molecule has 1 atom stereocenters. The third-order valence-electron chi connectivity index (χ3n) is 5.86. The molecule has 3 aromatic rings. The fraction of sp³-hybridized carbons (Fsp3) is 0.267. The van der Waals surface area contributed by atoms with Crippen molar-refractivity contribution < 1.29 is 28.5 Å². The van der Waals surface area contributed by atoms with Crippen LogP contribution in [0, 0.1) is 24.2 Å². The van der Waals surface area contributed by atoms with E-state index in [9.17, 15) is 10.1 Å². The molecule has 0 aromatic heterocycles. The summed E-state index contributed by atoms with van der Waals surface area (Å²) < 4.78 is 28.2. The Morgan fingerprint density at radius 2 is 1.87 bits per heavy atom. The Balaban J connectivity index is 1.57. The monoisotopic (exact) mass is 514 g/mol. The molecule has 2 N–H and O–H groups in total. The lowest BCUT2D eigenvalue weighted by Gasteiger charge is -2.27. The highest BCUT2D eigenvalue weighted by Crippen LogP contribution is 2.45. The minimum atomic E-state index is -0.568. The molecule has 38 heavy (non-hydrogen) atoms. The highest BCUT2D eigenvalue weighted by atomic mass is 16.6. The SMILES string of the molecule is COc1cc(C2C(C#N)=C(N)Oc3cc(OC(=O)COc4cccc(C)c4)ccc32)ccc1OCC(C)C. The lowest BCUT2D eigenvalue weighted by Crippen LogP contribution is -2.22. The van der Waals surface area contributed by atoms with Crippen LogP contribution < -0.4 is 29.4 Å². The van der Waals surface area contributed by atoms with Crippen molar-refractivity contribution >= 4 is 5.97 Å². The molecule has 196 valence electrons. The summed E-state index contributed by atoms with van der Waals surface area (Å²) in [7, 11) is 1.57. The maximum Gasteiger partial charge on any atom is 0.349 e. The van der Waals surface area contributed by atoms with Gasteiger partial charge in [-0.15, -0.1) is 0 Å². The van der Waals surface area contributed by atoms with Crippen LogP contribution in [-0.4, -0.2) is 26.3 Å². The number of fused-ring (bicyclic) bond motifs is 1. The van der Waals surface area contributed by atoms with Crippen molar-refractivity contribution in [1.29, 1.82) is 5.26 Å². The standard InChI is InChI=1S/C30H30N2O6/c1-18(2)16-36-25-11-8-20(13-27(25)34-4)29-23-10-9-22(14-26(23)38-30(32)24(29)15-31)37-28(33)17-35-21-7-5-6-19(3)12-21/h5-14,18,29H,16-17,32H2,1-4H3. The number of benzene rings is 3. The molecule has 0 aliphatic carbocycles. The lowest BCUT2D eigenvalue weighted by atomic mass is 9.83.